The number of carbonyl (C=O) groups is 2. The van der Waals surface area contributed by atoms with E-state index in [1.54, 1.807) is 23.3 Å². The maximum absolute atomic E-state index is 12.8. The van der Waals surface area contributed by atoms with Crippen molar-refractivity contribution < 1.29 is 14.3 Å². The van der Waals surface area contributed by atoms with E-state index in [2.05, 4.69) is 20.4 Å². The summed E-state index contributed by atoms with van der Waals surface area (Å²) in [7, 11) is 0. The maximum atomic E-state index is 12.8. The van der Waals surface area contributed by atoms with Crippen molar-refractivity contribution in [3.05, 3.63) is 42.0 Å². The predicted octanol–water partition coefficient (Wildman–Crippen LogP) is 0.772. The molecule has 1 aromatic carbocycles. The normalized spacial score (nSPS) is 17.8. The molecule has 0 aliphatic carbocycles. The zero-order valence-corrected chi connectivity index (χ0v) is 16.6. The zero-order valence-electron chi connectivity index (χ0n) is 16.6. The summed E-state index contributed by atoms with van der Waals surface area (Å²) >= 11 is 0. The Kier molecular flexibility index (Phi) is 5.86. The van der Waals surface area contributed by atoms with Crippen molar-refractivity contribution in [1.82, 2.24) is 24.6 Å². The fourth-order valence-corrected chi connectivity index (χ4v) is 3.65. The number of likely N-dealkylation sites (tertiary alicyclic amines) is 1. The summed E-state index contributed by atoms with van der Waals surface area (Å²) in [6.45, 7) is 7.31. The van der Waals surface area contributed by atoms with Crippen LogP contribution in [0, 0.1) is 6.92 Å². The van der Waals surface area contributed by atoms with Gasteiger partial charge in [-0.05, 0) is 24.6 Å². The lowest BCUT2D eigenvalue weighted by Crippen LogP contribution is -2.62. The van der Waals surface area contributed by atoms with Crippen LogP contribution in [0.5, 0.6) is 0 Å². The van der Waals surface area contributed by atoms with Crippen molar-refractivity contribution in [1.29, 1.82) is 0 Å². The maximum Gasteiger partial charge on any atom is 0.254 e. The fraction of sp³-hybridized carbons (Fsp3) is 0.500. The van der Waals surface area contributed by atoms with Crippen LogP contribution in [0.25, 0.3) is 0 Å². The molecule has 29 heavy (non-hydrogen) atoms. The lowest BCUT2D eigenvalue weighted by molar-refractivity contribution is -0.116. The third kappa shape index (κ3) is 4.63. The van der Waals surface area contributed by atoms with Crippen molar-refractivity contribution in [2.24, 2.45) is 0 Å². The molecule has 2 aromatic rings. The van der Waals surface area contributed by atoms with Crippen LogP contribution in [0.15, 0.2) is 30.9 Å². The van der Waals surface area contributed by atoms with E-state index in [1.165, 1.54) is 0 Å². The molecule has 0 saturated carbocycles. The Balaban J connectivity index is 1.32. The second-order valence-electron chi connectivity index (χ2n) is 7.54. The first-order valence-corrected chi connectivity index (χ1v) is 9.94. The minimum Gasteiger partial charge on any atom is -0.379 e. The van der Waals surface area contributed by atoms with Crippen molar-refractivity contribution >= 4 is 17.5 Å². The van der Waals surface area contributed by atoms with E-state index in [0.29, 0.717) is 30.3 Å². The lowest BCUT2D eigenvalue weighted by atomic mass is 10.0. The Labute approximate surface area is 169 Å². The zero-order chi connectivity index (χ0) is 20.2. The summed E-state index contributed by atoms with van der Waals surface area (Å²) < 4.78 is 7.14. The number of anilines is 1. The number of carbonyl (C=O) groups excluding carboxylic acids is 2. The van der Waals surface area contributed by atoms with Gasteiger partial charge < -0.3 is 19.5 Å². The van der Waals surface area contributed by atoms with E-state index in [0.717, 1.165) is 45.0 Å². The topological polar surface area (TPSA) is 92.6 Å². The standard InChI is InChI=1S/C20H26N6O3/c1-15-2-3-16(10-18(15)23-19(27)4-5-24-13-21-22-14-24)20(28)26-11-17(12-26)25-6-8-29-9-7-25/h2-3,10,13-14,17H,4-9,11-12H2,1H3,(H,23,27). The Morgan fingerprint density at radius 3 is 2.62 bits per heavy atom. The molecule has 0 radical (unpaired) electrons. The van der Waals surface area contributed by atoms with E-state index in [1.807, 2.05) is 24.0 Å². The predicted molar refractivity (Wildman–Crippen MR) is 107 cm³/mol. The van der Waals surface area contributed by atoms with Crippen LogP contribution in [0.2, 0.25) is 0 Å². The number of amides is 2. The molecular formula is C20H26N6O3. The van der Waals surface area contributed by atoms with E-state index in [9.17, 15) is 9.59 Å². The van der Waals surface area contributed by atoms with E-state index in [-0.39, 0.29) is 11.8 Å². The highest BCUT2D eigenvalue weighted by molar-refractivity contribution is 5.98. The van der Waals surface area contributed by atoms with Crippen LogP contribution in [-0.4, -0.2) is 81.8 Å². The second-order valence-corrected chi connectivity index (χ2v) is 7.54. The minimum absolute atomic E-state index is 0.00879. The van der Waals surface area contributed by atoms with Crippen LogP contribution in [0.3, 0.4) is 0 Å². The molecule has 2 amide bonds. The monoisotopic (exact) mass is 398 g/mol. The first-order chi connectivity index (χ1) is 14.1. The molecule has 2 aliphatic rings. The molecule has 4 rings (SSSR count). The molecule has 0 unspecified atom stereocenters. The summed E-state index contributed by atoms with van der Waals surface area (Å²) in [5.74, 6) is -0.0998. The van der Waals surface area contributed by atoms with Crippen molar-refractivity contribution in [3.8, 4) is 0 Å². The molecular weight excluding hydrogens is 372 g/mol. The summed E-state index contributed by atoms with van der Waals surface area (Å²) in [6.07, 6.45) is 3.47. The van der Waals surface area contributed by atoms with Gasteiger partial charge in [0.1, 0.15) is 12.7 Å². The van der Waals surface area contributed by atoms with E-state index < -0.39 is 0 Å². The van der Waals surface area contributed by atoms with Gasteiger partial charge >= 0.3 is 0 Å². The number of aryl methyl sites for hydroxylation is 2. The number of nitrogens with zero attached hydrogens (tertiary/aromatic N) is 5. The molecule has 2 aliphatic heterocycles. The van der Waals surface area contributed by atoms with Crippen LogP contribution in [0.4, 0.5) is 5.69 Å². The van der Waals surface area contributed by atoms with Gasteiger partial charge in [-0.15, -0.1) is 10.2 Å². The number of morpholine rings is 1. The third-order valence-corrected chi connectivity index (χ3v) is 5.53. The van der Waals surface area contributed by atoms with Gasteiger partial charge in [-0.25, -0.2) is 0 Å². The smallest absolute Gasteiger partial charge is 0.254 e. The lowest BCUT2D eigenvalue weighted by Gasteiger charge is -2.46. The Morgan fingerprint density at radius 1 is 1.17 bits per heavy atom. The van der Waals surface area contributed by atoms with E-state index >= 15 is 0 Å². The highest BCUT2D eigenvalue weighted by atomic mass is 16.5. The number of ether oxygens (including phenoxy) is 1. The fourth-order valence-electron chi connectivity index (χ4n) is 3.65. The van der Waals surface area contributed by atoms with Crippen molar-refractivity contribution in [2.75, 3.05) is 44.7 Å². The average molecular weight is 398 g/mol. The molecule has 1 aromatic heterocycles. The number of benzene rings is 1. The summed E-state index contributed by atoms with van der Waals surface area (Å²) in [5.41, 5.74) is 2.20. The summed E-state index contributed by atoms with van der Waals surface area (Å²) in [4.78, 5) is 29.4. The van der Waals surface area contributed by atoms with Gasteiger partial charge in [0.05, 0.1) is 13.2 Å². The van der Waals surface area contributed by atoms with Gasteiger partial charge in [0.15, 0.2) is 0 Å². The highest BCUT2D eigenvalue weighted by Crippen LogP contribution is 2.22. The molecule has 0 bridgehead atoms. The van der Waals surface area contributed by atoms with Crippen LogP contribution in [0.1, 0.15) is 22.3 Å². The Morgan fingerprint density at radius 2 is 1.90 bits per heavy atom. The second kappa shape index (κ2) is 8.71. The minimum atomic E-state index is -0.109. The van der Waals surface area contributed by atoms with Crippen LogP contribution in [-0.2, 0) is 16.1 Å². The molecule has 0 atom stereocenters. The SMILES string of the molecule is Cc1ccc(C(=O)N2CC(N3CCOCC3)C2)cc1NC(=O)CCn1cnnc1. The number of rotatable bonds is 6. The molecule has 1 N–H and O–H groups in total. The van der Waals surface area contributed by atoms with Crippen molar-refractivity contribution in [3.63, 3.8) is 0 Å². The van der Waals surface area contributed by atoms with Gasteiger partial charge in [-0.2, -0.15) is 0 Å². The molecule has 2 saturated heterocycles. The highest BCUT2D eigenvalue weighted by Gasteiger charge is 2.35. The first-order valence-electron chi connectivity index (χ1n) is 9.94. The number of aromatic nitrogens is 3. The summed E-state index contributed by atoms with van der Waals surface area (Å²) in [5, 5.41) is 10.4. The van der Waals surface area contributed by atoms with Gasteiger partial charge in [-0.1, -0.05) is 6.07 Å². The molecule has 0 spiro atoms. The van der Waals surface area contributed by atoms with Gasteiger partial charge in [0, 0.05) is 56.4 Å². The van der Waals surface area contributed by atoms with Gasteiger partial charge in [0.25, 0.3) is 5.91 Å². The van der Waals surface area contributed by atoms with Crippen molar-refractivity contribution in [2.45, 2.75) is 25.9 Å². The molecule has 9 nitrogen and oxygen atoms in total. The summed E-state index contributed by atoms with van der Waals surface area (Å²) in [6, 6.07) is 5.90. The Hall–Kier alpha value is -2.78. The van der Waals surface area contributed by atoms with Crippen LogP contribution >= 0.6 is 0 Å². The first kappa shape index (κ1) is 19.5. The largest absolute Gasteiger partial charge is 0.379 e. The number of hydrogen-bond donors (Lipinski definition) is 1. The Bertz CT molecular complexity index is 857. The quantitative estimate of drug-likeness (QED) is 0.773. The molecule has 3 heterocycles. The molecule has 9 heteroatoms. The molecule has 2 fully saturated rings. The average Bonchev–Trinajstić information content (AvgIpc) is 3.21. The van der Waals surface area contributed by atoms with Crippen LogP contribution < -0.4 is 5.32 Å². The van der Waals surface area contributed by atoms with Gasteiger partial charge in [-0.3, -0.25) is 14.5 Å². The third-order valence-electron chi connectivity index (χ3n) is 5.53. The molecule has 154 valence electrons. The number of hydrogen-bond acceptors (Lipinski definition) is 6. The number of nitrogens with one attached hydrogen (secondary N) is 1. The van der Waals surface area contributed by atoms with E-state index in [4.69, 9.17) is 4.74 Å². The van der Waals surface area contributed by atoms with Gasteiger partial charge in [0.2, 0.25) is 5.91 Å².